The smallest absolute Gasteiger partial charge is 0.269 e. The molecule has 0 unspecified atom stereocenters. The number of thiazole rings is 1. The van der Waals surface area contributed by atoms with Crippen LogP contribution in [0.2, 0.25) is 0 Å². The highest BCUT2D eigenvalue weighted by Gasteiger charge is 2.40. The monoisotopic (exact) mass is 464 g/mol. The molecule has 9 nitrogen and oxygen atoms in total. The minimum absolute atomic E-state index is 0.0178. The number of benzene rings is 1. The van der Waals surface area contributed by atoms with Crippen molar-refractivity contribution in [2.75, 3.05) is 11.9 Å². The van der Waals surface area contributed by atoms with Crippen LogP contribution in [0, 0.1) is 10.1 Å². The summed E-state index contributed by atoms with van der Waals surface area (Å²) in [6, 6.07) is 8.36. The molecular weight excluding hydrogens is 448 g/mol. The van der Waals surface area contributed by atoms with E-state index >= 15 is 0 Å². The number of amides is 1. The number of carbonyl (C=O) groups is 1. The summed E-state index contributed by atoms with van der Waals surface area (Å²) in [5, 5.41) is 17.2. The normalized spacial score (nSPS) is 17.1. The third-order valence-corrected chi connectivity index (χ3v) is 8.71. The predicted octanol–water partition coefficient (Wildman–Crippen LogP) is 3.57. The number of sulfonamides is 1. The highest BCUT2D eigenvalue weighted by molar-refractivity contribution is 7.91. The highest BCUT2D eigenvalue weighted by atomic mass is 32.2. The molecule has 0 radical (unpaired) electrons. The van der Waals surface area contributed by atoms with Gasteiger partial charge in [0, 0.05) is 29.6 Å². The molecule has 1 atom stereocenters. The third kappa shape index (κ3) is 3.99. The Morgan fingerprint density at radius 2 is 2.00 bits per heavy atom. The van der Waals surface area contributed by atoms with Crippen LogP contribution < -0.4 is 5.32 Å². The summed E-state index contributed by atoms with van der Waals surface area (Å²) < 4.78 is 27.1. The van der Waals surface area contributed by atoms with E-state index in [9.17, 15) is 23.3 Å². The van der Waals surface area contributed by atoms with Crippen LogP contribution in [0.4, 0.5) is 10.8 Å². The van der Waals surface area contributed by atoms with Crippen LogP contribution in [0.3, 0.4) is 0 Å². The van der Waals surface area contributed by atoms with E-state index in [1.165, 1.54) is 33.8 Å². The number of anilines is 1. The Balaban J connectivity index is 1.48. The number of nitro benzene ring substituents is 1. The van der Waals surface area contributed by atoms with Gasteiger partial charge in [-0.3, -0.25) is 14.9 Å². The molecule has 2 aromatic heterocycles. The Bertz CT molecular complexity index is 1170. The number of carbonyl (C=O) groups excluding carboxylic acids is 1. The molecule has 0 bridgehead atoms. The van der Waals surface area contributed by atoms with Gasteiger partial charge in [-0.2, -0.15) is 4.31 Å². The van der Waals surface area contributed by atoms with Gasteiger partial charge in [0.05, 0.1) is 10.6 Å². The molecule has 1 aromatic carbocycles. The molecule has 3 heterocycles. The van der Waals surface area contributed by atoms with Gasteiger partial charge in [0.15, 0.2) is 5.13 Å². The van der Waals surface area contributed by atoms with Crippen LogP contribution in [0.15, 0.2) is 51.4 Å². The standard InChI is InChI=1S/C18H16N4O5S3/c23-17(15-3-1-9-21(15)30(26,27)16-4-2-10-28-16)20-18-19-14(11-29-18)12-5-7-13(8-6-12)22(24)25/h2,4-8,10-11,15H,1,3,9H2,(H,19,20,23)/t15-/m1/s1. The molecule has 1 saturated heterocycles. The van der Waals surface area contributed by atoms with E-state index in [1.54, 1.807) is 29.0 Å². The first-order valence-corrected chi connectivity index (χ1v) is 12.1. The summed E-state index contributed by atoms with van der Waals surface area (Å²) in [4.78, 5) is 27.4. The molecule has 4 rings (SSSR count). The zero-order valence-corrected chi connectivity index (χ0v) is 17.9. The van der Waals surface area contributed by atoms with E-state index in [-0.39, 0.29) is 9.90 Å². The first kappa shape index (κ1) is 20.6. The Kier molecular flexibility index (Phi) is 5.64. The maximum absolute atomic E-state index is 12.8. The molecule has 12 heteroatoms. The van der Waals surface area contributed by atoms with Crippen molar-refractivity contribution in [3.8, 4) is 11.3 Å². The minimum atomic E-state index is -3.71. The van der Waals surface area contributed by atoms with Gasteiger partial charge in [0.25, 0.3) is 15.7 Å². The molecule has 1 amide bonds. The fourth-order valence-electron chi connectivity index (χ4n) is 3.22. The molecular formula is C18H16N4O5S3. The Hall–Kier alpha value is -2.67. The second-order valence-electron chi connectivity index (χ2n) is 6.54. The average molecular weight is 465 g/mol. The summed E-state index contributed by atoms with van der Waals surface area (Å²) in [6.07, 6.45) is 1.05. The molecule has 1 aliphatic heterocycles. The minimum Gasteiger partial charge on any atom is -0.301 e. The third-order valence-electron chi connectivity index (χ3n) is 4.67. The summed E-state index contributed by atoms with van der Waals surface area (Å²) in [5.41, 5.74) is 1.23. The first-order valence-electron chi connectivity index (χ1n) is 8.93. The van der Waals surface area contributed by atoms with Gasteiger partial charge in [0.1, 0.15) is 10.3 Å². The van der Waals surface area contributed by atoms with Gasteiger partial charge < -0.3 is 5.32 Å². The van der Waals surface area contributed by atoms with Crippen molar-refractivity contribution in [1.82, 2.24) is 9.29 Å². The van der Waals surface area contributed by atoms with Crippen molar-refractivity contribution < 1.29 is 18.1 Å². The number of non-ortho nitro benzene ring substituents is 1. The van der Waals surface area contributed by atoms with Crippen LogP contribution >= 0.6 is 22.7 Å². The number of nitrogens with zero attached hydrogens (tertiary/aromatic N) is 3. The molecule has 3 aromatic rings. The zero-order valence-electron chi connectivity index (χ0n) is 15.4. The quantitative estimate of drug-likeness (QED) is 0.439. The van der Waals surface area contributed by atoms with Crippen LogP contribution in [0.5, 0.6) is 0 Å². The van der Waals surface area contributed by atoms with Crippen molar-refractivity contribution in [3.63, 3.8) is 0 Å². The zero-order chi connectivity index (χ0) is 21.3. The average Bonchev–Trinajstić information content (AvgIpc) is 3.49. The maximum Gasteiger partial charge on any atom is 0.269 e. The Morgan fingerprint density at radius 3 is 2.67 bits per heavy atom. The van der Waals surface area contributed by atoms with Crippen molar-refractivity contribution >= 4 is 49.4 Å². The van der Waals surface area contributed by atoms with Gasteiger partial charge in [-0.1, -0.05) is 6.07 Å². The summed E-state index contributed by atoms with van der Waals surface area (Å²) >= 11 is 2.33. The van der Waals surface area contributed by atoms with Crippen molar-refractivity contribution in [2.24, 2.45) is 0 Å². The lowest BCUT2D eigenvalue weighted by Gasteiger charge is -2.22. The molecule has 0 spiro atoms. The lowest BCUT2D eigenvalue weighted by molar-refractivity contribution is -0.384. The number of rotatable bonds is 6. The number of hydrogen-bond donors (Lipinski definition) is 1. The maximum atomic E-state index is 12.8. The lowest BCUT2D eigenvalue weighted by Crippen LogP contribution is -2.42. The second-order valence-corrected chi connectivity index (χ2v) is 10.5. The van der Waals surface area contributed by atoms with Crippen LogP contribution in [0.25, 0.3) is 11.3 Å². The summed E-state index contributed by atoms with van der Waals surface area (Å²) in [5.74, 6) is -0.419. The highest BCUT2D eigenvalue weighted by Crippen LogP contribution is 2.30. The van der Waals surface area contributed by atoms with E-state index in [4.69, 9.17) is 0 Å². The SMILES string of the molecule is O=C(Nc1nc(-c2ccc([N+](=O)[O-])cc2)cs1)[C@H]1CCCN1S(=O)(=O)c1cccs1. The number of nitro groups is 1. The molecule has 0 saturated carbocycles. The van der Waals surface area contributed by atoms with Gasteiger partial charge >= 0.3 is 0 Å². The molecule has 30 heavy (non-hydrogen) atoms. The fourth-order valence-corrected chi connectivity index (χ4v) is 6.72. The molecule has 0 aliphatic carbocycles. The van der Waals surface area contributed by atoms with Crippen LogP contribution in [-0.4, -0.2) is 41.1 Å². The van der Waals surface area contributed by atoms with E-state index in [0.717, 1.165) is 11.3 Å². The molecule has 1 aliphatic rings. The molecule has 156 valence electrons. The van der Waals surface area contributed by atoms with Crippen molar-refractivity contribution in [2.45, 2.75) is 23.1 Å². The van der Waals surface area contributed by atoms with Crippen molar-refractivity contribution in [3.05, 3.63) is 57.3 Å². The fraction of sp³-hybridized carbons (Fsp3) is 0.222. The lowest BCUT2D eigenvalue weighted by atomic mass is 10.1. The second kappa shape index (κ2) is 8.22. The van der Waals surface area contributed by atoms with E-state index in [1.807, 2.05) is 0 Å². The molecule has 1 N–H and O–H groups in total. The molecule has 1 fully saturated rings. The van der Waals surface area contributed by atoms with Gasteiger partial charge in [-0.05, 0) is 36.4 Å². The number of thiophene rings is 1. The van der Waals surface area contributed by atoms with Crippen LogP contribution in [0.1, 0.15) is 12.8 Å². The first-order chi connectivity index (χ1) is 14.4. The number of aromatic nitrogens is 1. The summed E-state index contributed by atoms with van der Waals surface area (Å²) in [7, 11) is -3.71. The topological polar surface area (TPSA) is 123 Å². The van der Waals surface area contributed by atoms with Gasteiger partial charge in [-0.15, -0.1) is 22.7 Å². The summed E-state index contributed by atoms with van der Waals surface area (Å²) in [6.45, 7) is 0.296. The van der Waals surface area contributed by atoms with Crippen LogP contribution in [-0.2, 0) is 14.8 Å². The van der Waals surface area contributed by atoms with Crippen molar-refractivity contribution in [1.29, 1.82) is 0 Å². The van der Waals surface area contributed by atoms with E-state index < -0.39 is 26.9 Å². The predicted molar refractivity (Wildman–Crippen MR) is 114 cm³/mol. The van der Waals surface area contributed by atoms with Gasteiger partial charge in [0.2, 0.25) is 5.91 Å². The van der Waals surface area contributed by atoms with E-state index in [2.05, 4.69) is 10.3 Å². The van der Waals surface area contributed by atoms with E-state index in [0.29, 0.717) is 35.8 Å². The number of hydrogen-bond acceptors (Lipinski definition) is 8. The largest absolute Gasteiger partial charge is 0.301 e. The van der Waals surface area contributed by atoms with Gasteiger partial charge in [-0.25, -0.2) is 13.4 Å². The number of nitrogens with one attached hydrogen (secondary N) is 1. The Morgan fingerprint density at radius 1 is 1.23 bits per heavy atom. The Labute approximate surface area is 180 Å².